The lowest BCUT2D eigenvalue weighted by Gasteiger charge is -2.23. The minimum absolute atomic E-state index is 0.0149. The van der Waals surface area contributed by atoms with E-state index in [0.29, 0.717) is 22.4 Å². The van der Waals surface area contributed by atoms with Crippen LogP contribution < -0.4 is 10.2 Å². The van der Waals surface area contributed by atoms with Gasteiger partial charge < -0.3 is 15.0 Å². The van der Waals surface area contributed by atoms with Crippen LogP contribution in [0.15, 0.2) is 24.4 Å². The molecular formula is C15H14Cl2N4O2. The molecular weight excluding hydrogens is 339 g/mol. The molecule has 0 aliphatic carbocycles. The van der Waals surface area contributed by atoms with Gasteiger partial charge in [-0.1, -0.05) is 23.2 Å². The van der Waals surface area contributed by atoms with Crippen molar-refractivity contribution in [2.75, 3.05) is 17.3 Å². The van der Waals surface area contributed by atoms with Crippen molar-refractivity contribution in [3.05, 3.63) is 45.8 Å². The molecule has 8 heteroatoms. The van der Waals surface area contributed by atoms with Gasteiger partial charge in [-0.05, 0) is 25.1 Å². The molecule has 0 bridgehead atoms. The lowest BCUT2D eigenvalue weighted by Crippen LogP contribution is -2.32. The lowest BCUT2D eigenvalue weighted by atomic mass is 10.2. The van der Waals surface area contributed by atoms with Crippen molar-refractivity contribution in [2.24, 2.45) is 0 Å². The van der Waals surface area contributed by atoms with Gasteiger partial charge in [-0.25, -0.2) is 9.78 Å². The predicted octanol–water partition coefficient (Wildman–Crippen LogP) is 3.35. The molecule has 0 spiro atoms. The molecule has 6 nitrogen and oxygen atoms in total. The third-order valence-electron chi connectivity index (χ3n) is 3.60. The van der Waals surface area contributed by atoms with Crippen molar-refractivity contribution in [3.8, 4) is 0 Å². The minimum atomic E-state index is -0.469. The third-order valence-corrected chi connectivity index (χ3v) is 4.13. The fraction of sp³-hybridized carbons (Fsp3) is 0.267. The van der Waals surface area contributed by atoms with E-state index in [2.05, 4.69) is 24.9 Å². The van der Waals surface area contributed by atoms with Gasteiger partial charge in [-0.3, -0.25) is 4.98 Å². The van der Waals surface area contributed by atoms with Crippen molar-refractivity contribution < 1.29 is 9.53 Å². The minimum Gasteiger partial charge on any atom is -0.464 e. The van der Waals surface area contributed by atoms with E-state index >= 15 is 0 Å². The van der Waals surface area contributed by atoms with Gasteiger partial charge in [0.15, 0.2) is 11.5 Å². The number of methoxy groups -OCH3 is 1. The summed E-state index contributed by atoms with van der Waals surface area (Å²) in [4.78, 5) is 22.2. The molecule has 0 saturated carbocycles. The number of carbonyl (C=O) groups excluding carboxylic acids is 1. The number of halogens is 2. The van der Waals surface area contributed by atoms with Gasteiger partial charge >= 0.3 is 5.97 Å². The van der Waals surface area contributed by atoms with E-state index in [-0.39, 0.29) is 11.9 Å². The normalized spacial score (nSPS) is 16.0. The van der Waals surface area contributed by atoms with Gasteiger partial charge in [-0.15, -0.1) is 0 Å². The molecule has 0 aromatic carbocycles. The number of carbonyl (C=O) groups is 1. The Morgan fingerprint density at radius 1 is 1.43 bits per heavy atom. The molecule has 3 heterocycles. The number of ether oxygens (including phenoxy) is 1. The zero-order valence-electron chi connectivity index (χ0n) is 12.5. The van der Waals surface area contributed by atoms with E-state index < -0.39 is 5.97 Å². The Labute approximate surface area is 143 Å². The standard InChI is InChI=1S/C15H14Cl2N4O2/c1-8-19-14-13(4-3-11(20-14)15(22)23-2)21(8)7-12-10(17)5-9(16)6-18-12/h3-6,8H,7H2,1-2H3,(H,19,20). The number of esters is 1. The summed E-state index contributed by atoms with van der Waals surface area (Å²) in [5.41, 5.74) is 1.85. The summed E-state index contributed by atoms with van der Waals surface area (Å²) in [6.07, 6.45) is 1.55. The van der Waals surface area contributed by atoms with Gasteiger partial charge in [0, 0.05) is 6.20 Å². The number of hydrogen-bond donors (Lipinski definition) is 1. The van der Waals surface area contributed by atoms with Crippen LogP contribution in [0.2, 0.25) is 10.0 Å². The molecule has 1 aliphatic rings. The van der Waals surface area contributed by atoms with Crippen molar-refractivity contribution in [2.45, 2.75) is 19.6 Å². The summed E-state index contributed by atoms with van der Waals surface area (Å²) in [5.74, 6) is 0.161. The number of aromatic nitrogens is 2. The summed E-state index contributed by atoms with van der Waals surface area (Å²) in [5, 5.41) is 4.24. The van der Waals surface area contributed by atoms with E-state index in [1.54, 1.807) is 18.3 Å². The Kier molecular flexibility index (Phi) is 4.28. The quantitative estimate of drug-likeness (QED) is 0.854. The molecule has 120 valence electrons. The van der Waals surface area contributed by atoms with Crippen LogP contribution in [-0.4, -0.2) is 29.2 Å². The smallest absolute Gasteiger partial charge is 0.356 e. The highest BCUT2D eigenvalue weighted by Gasteiger charge is 2.28. The van der Waals surface area contributed by atoms with E-state index in [0.717, 1.165) is 11.4 Å². The Bertz CT molecular complexity index is 769. The maximum absolute atomic E-state index is 11.6. The second-order valence-electron chi connectivity index (χ2n) is 5.09. The summed E-state index contributed by atoms with van der Waals surface area (Å²) in [7, 11) is 1.33. The molecule has 1 unspecified atom stereocenters. The number of anilines is 2. The van der Waals surface area contributed by atoms with E-state index in [1.165, 1.54) is 7.11 Å². The number of rotatable bonds is 3. The van der Waals surface area contributed by atoms with Gasteiger partial charge in [0.1, 0.15) is 0 Å². The Morgan fingerprint density at radius 3 is 2.91 bits per heavy atom. The average molecular weight is 353 g/mol. The molecule has 2 aromatic heterocycles. The molecule has 23 heavy (non-hydrogen) atoms. The molecule has 1 N–H and O–H groups in total. The first-order valence-corrected chi connectivity index (χ1v) is 7.67. The van der Waals surface area contributed by atoms with Crippen molar-refractivity contribution in [1.29, 1.82) is 0 Å². The van der Waals surface area contributed by atoms with Crippen LogP contribution in [0.25, 0.3) is 0 Å². The van der Waals surface area contributed by atoms with Crippen molar-refractivity contribution in [3.63, 3.8) is 0 Å². The highest BCUT2D eigenvalue weighted by atomic mass is 35.5. The number of nitrogens with one attached hydrogen (secondary N) is 1. The van der Waals surface area contributed by atoms with Gasteiger partial charge in [0.25, 0.3) is 0 Å². The Balaban J connectivity index is 1.89. The zero-order valence-corrected chi connectivity index (χ0v) is 14.0. The summed E-state index contributed by atoms with van der Waals surface area (Å²) < 4.78 is 4.69. The number of fused-ring (bicyclic) bond motifs is 1. The van der Waals surface area contributed by atoms with Crippen LogP contribution in [0.5, 0.6) is 0 Å². The third kappa shape index (κ3) is 3.04. The SMILES string of the molecule is COC(=O)c1ccc2c(n1)NC(C)N2Cc1ncc(Cl)cc1Cl. The molecule has 1 aliphatic heterocycles. The van der Waals surface area contributed by atoms with E-state index in [1.807, 2.05) is 13.0 Å². The van der Waals surface area contributed by atoms with E-state index in [4.69, 9.17) is 23.2 Å². The maximum Gasteiger partial charge on any atom is 0.356 e. The second-order valence-corrected chi connectivity index (χ2v) is 5.93. The first kappa shape index (κ1) is 15.8. The second kappa shape index (κ2) is 6.22. The summed E-state index contributed by atoms with van der Waals surface area (Å²) in [6.45, 7) is 2.49. The van der Waals surface area contributed by atoms with E-state index in [9.17, 15) is 4.79 Å². The van der Waals surface area contributed by atoms with Crippen LogP contribution >= 0.6 is 23.2 Å². The fourth-order valence-corrected chi connectivity index (χ4v) is 2.87. The highest BCUT2D eigenvalue weighted by molar-refractivity contribution is 6.34. The van der Waals surface area contributed by atoms with Crippen molar-refractivity contribution in [1.82, 2.24) is 9.97 Å². The summed E-state index contributed by atoms with van der Waals surface area (Å²) in [6, 6.07) is 5.13. The van der Waals surface area contributed by atoms with Gasteiger partial charge in [0.2, 0.25) is 0 Å². The first-order chi connectivity index (χ1) is 11.0. The largest absolute Gasteiger partial charge is 0.464 e. The van der Waals surface area contributed by atoms with Crippen LogP contribution in [0.1, 0.15) is 23.1 Å². The highest BCUT2D eigenvalue weighted by Crippen LogP contribution is 2.35. The number of nitrogens with zero attached hydrogens (tertiary/aromatic N) is 3. The number of pyridine rings is 2. The molecule has 0 fully saturated rings. The molecule has 2 aromatic rings. The molecule has 0 amide bonds. The fourth-order valence-electron chi connectivity index (χ4n) is 2.44. The zero-order chi connectivity index (χ0) is 16.6. The topological polar surface area (TPSA) is 67.3 Å². The van der Waals surface area contributed by atoms with Crippen LogP contribution in [0.3, 0.4) is 0 Å². The van der Waals surface area contributed by atoms with Gasteiger partial charge in [0.05, 0.1) is 41.2 Å². The number of hydrogen-bond acceptors (Lipinski definition) is 6. The predicted molar refractivity (Wildman–Crippen MR) is 89.1 cm³/mol. The molecule has 0 saturated heterocycles. The Hall–Kier alpha value is -2.05. The molecule has 0 radical (unpaired) electrons. The molecule has 3 rings (SSSR count). The van der Waals surface area contributed by atoms with Crippen LogP contribution in [-0.2, 0) is 11.3 Å². The average Bonchev–Trinajstić information content (AvgIpc) is 2.84. The van der Waals surface area contributed by atoms with Crippen molar-refractivity contribution >= 4 is 40.7 Å². The van der Waals surface area contributed by atoms with Gasteiger partial charge in [-0.2, -0.15) is 0 Å². The monoisotopic (exact) mass is 352 g/mol. The first-order valence-electron chi connectivity index (χ1n) is 6.92. The van der Waals surface area contributed by atoms with Crippen LogP contribution in [0.4, 0.5) is 11.5 Å². The maximum atomic E-state index is 11.6. The summed E-state index contributed by atoms with van der Waals surface area (Å²) >= 11 is 12.1. The Morgan fingerprint density at radius 2 is 2.22 bits per heavy atom. The lowest BCUT2D eigenvalue weighted by molar-refractivity contribution is 0.0594. The molecule has 1 atom stereocenters. The van der Waals surface area contributed by atoms with Crippen LogP contribution in [0, 0.1) is 0 Å².